The molecule has 2 saturated carbocycles. The third kappa shape index (κ3) is 3.12. The molecule has 0 amide bonds. The fourth-order valence-corrected chi connectivity index (χ4v) is 4.85. The molecule has 27 heavy (non-hydrogen) atoms. The van der Waals surface area contributed by atoms with E-state index in [1.165, 1.54) is 24.0 Å². The van der Waals surface area contributed by atoms with E-state index in [1.54, 1.807) is 12.1 Å². The third-order valence-corrected chi connectivity index (χ3v) is 6.56. The Morgan fingerprint density at radius 1 is 0.926 bits per heavy atom. The van der Waals surface area contributed by atoms with Crippen LogP contribution in [0.15, 0.2) is 49.1 Å². The zero-order valence-electron chi connectivity index (χ0n) is 15.5. The minimum atomic E-state index is -0.415. The van der Waals surface area contributed by atoms with Gasteiger partial charge in [0.2, 0.25) is 0 Å². The normalized spacial score (nSPS) is 24.2. The van der Waals surface area contributed by atoms with E-state index in [2.05, 4.69) is 17.2 Å². The second-order valence-corrected chi connectivity index (χ2v) is 8.29. The molecule has 2 aliphatic carbocycles. The van der Waals surface area contributed by atoms with Crippen molar-refractivity contribution >= 4 is 5.52 Å². The number of aliphatic hydroxyl groups excluding tert-OH is 1. The van der Waals surface area contributed by atoms with Gasteiger partial charge in [0.15, 0.2) is 0 Å². The molecule has 0 aliphatic heterocycles. The lowest BCUT2D eigenvalue weighted by molar-refractivity contribution is 0.0810. The van der Waals surface area contributed by atoms with Gasteiger partial charge in [-0.3, -0.25) is 0 Å². The van der Waals surface area contributed by atoms with Crippen LogP contribution in [0.1, 0.15) is 73.2 Å². The average molecular weight is 362 g/mol. The first-order chi connectivity index (χ1) is 13.2. The van der Waals surface area contributed by atoms with Crippen molar-refractivity contribution in [3.8, 4) is 5.75 Å². The van der Waals surface area contributed by atoms with Gasteiger partial charge in [0.25, 0.3) is 0 Å². The number of phenolic OH excluding ortho intramolecular Hbond substituents is 1. The Balaban J connectivity index is 1.37. The van der Waals surface area contributed by atoms with Gasteiger partial charge < -0.3 is 14.6 Å². The molecule has 2 aromatic heterocycles. The van der Waals surface area contributed by atoms with E-state index in [0.717, 1.165) is 36.8 Å². The molecule has 1 atom stereocenters. The molecule has 2 N–H and O–H groups in total. The Bertz CT molecular complexity index is 935. The van der Waals surface area contributed by atoms with Crippen molar-refractivity contribution in [2.24, 2.45) is 5.92 Å². The lowest BCUT2D eigenvalue weighted by atomic mass is 9.75. The van der Waals surface area contributed by atoms with Crippen LogP contribution in [-0.4, -0.2) is 19.6 Å². The lowest BCUT2D eigenvalue weighted by Crippen LogP contribution is -2.21. The van der Waals surface area contributed by atoms with Crippen molar-refractivity contribution in [2.45, 2.75) is 56.5 Å². The molecule has 2 aliphatic rings. The van der Waals surface area contributed by atoms with Crippen molar-refractivity contribution in [2.75, 3.05) is 0 Å². The fourth-order valence-electron chi connectivity index (χ4n) is 4.85. The van der Waals surface area contributed by atoms with E-state index in [0.29, 0.717) is 23.5 Å². The smallest absolute Gasteiger partial charge is 0.115 e. The molecule has 2 fully saturated rings. The largest absolute Gasteiger partial charge is 0.508 e. The predicted octanol–water partition coefficient (Wildman–Crippen LogP) is 4.92. The summed E-state index contributed by atoms with van der Waals surface area (Å²) in [4.78, 5) is 4.30. The number of nitrogens with zero attached hydrogens (tertiary/aromatic N) is 2. The van der Waals surface area contributed by atoms with E-state index >= 15 is 0 Å². The standard InChI is InChI=1S/C23H26N2O2/c26-19-9-7-16(8-10-19)15-1-5-18(6-2-15)23(27)22-20(17-3-4-17)11-12-25-14-24-13-21(22)25/h7-15,17-18,23,26-27H,1-6H2/t15-,18-,23-/m0/s1. The van der Waals surface area contributed by atoms with Crippen LogP contribution in [0.25, 0.3) is 5.52 Å². The molecular formula is C23H26N2O2. The number of rotatable bonds is 4. The molecule has 0 radical (unpaired) electrons. The topological polar surface area (TPSA) is 57.8 Å². The molecule has 3 aromatic rings. The Labute approximate surface area is 159 Å². The molecule has 0 unspecified atom stereocenters. The first-order valence-corrected chi connectivity index (χ1v) is 10.1. The Hall–Kier alpha value is -2.33. The van der Waals surface area contributed by atoms with Crippen LogP contribution in [0.3, 0.4) is 0 Å². The maximum absolute atomic E-state index is 11.3. The summed E-state index contributed by atoms with van der Waals surface area (Å²) in [5.74, 6) is 1.77. The van der Waals surface area contributed by atoms with Crippen LogP contribution in [-0.2, 0) is 0 Å². The highest BCUT2D eigenvalue weighted by atomic mass is 16.3. The van der Waals surface area contributed by atoms with E-state index in [4.69, 9.17) is 0 Å². The van der Waals surface area contributed by atoms with Crippen molar-refractivity contribution < 1.29 is 10.2 Å². The second kappa shape index (κ2) is 6.68. The lowest BCUT2D eigenvalue weighted by Gasteiger charge is -2.33. The number of aliphatic hydroxyl groups is 1. The monoisotopic (exact) mass is 362 g/mol. The molecule has 5 rings (SSSR count). The number of aromatic nitrogens is 2. The number of benzene rings is 1. The molecule has 4 heteroatoms. The van der Waals surface area contributed by atoms with E-state index in [9.17, 15) is 10.2 Å². The van der Waals surface area contributed by atoms with E-state index in [-0.39, 0.29) is 0 Å². The summed E-state index contributed by atoms with van der Waals surface area (Å²) in [7, 11) is 0. The van der Waals surface area contributed by atoms with Gasteiger partial charge in [-0.05, 0) is 85.6 Å². The fraction of sp³-hybridized carbons (Fsp3) is 0.435. The zero-order chi connectivity index (χ0) is 18.4. The van der Waals surface area contributed by atoms with Crippen LogP contribution in [0.4, 0.5) is 0 Å². The summed E-state index contributed by atoms with van der Waals surface area (Å²) in [6.45, 7) is 0. The SMILES string of the molecule is Oc1ccc([C@H]2CC[C@H]([C@H](O)c3c(C4CC4)ccn4cncc34)CC2)cc1. The van der Waals surface area contributed by atoms with E-state index < -0.39 is 6.10 Å². The minimum Gasteiger partial charge on any atom is -0.508 e. The molecule has 4 nitrogen and oxygen atoms in total. The first kappa shape index (κ1) is 16.8. The summed E-state index contributed by atoms with van der Waals surface area (Å²) in [5.41, 5.74) is 4.81. The van der Waals surface area contributed by atoms with Crippen LogP contribution in [0.2, 0.25) is 0 Å². The van der Waals surface area contributed by atoms with Gasteiger partial charge in [-0.2, -0.15) is 0 Å². The maximum Gasteiger partial charge on any atom is 0.115 e. The molecular weight excluding hydrogens is 336 g/mol. The van der Waals surface area contributed by atoms with Crippen LogP contribution in [0.5, 0.6) is 5.75 Å². The van der Waals surface area contributed by atoms with Gasteiger partial charge in [-0.1, -0.05) is 12.1 Å². The van der Waals surface area contributed by atoms with Crippen LogP contribution in [0, 0.1) is 5.92 Å². The van der Waals surface area contributed by atoms with Crippen molar-refractivity contribution in [1.82, 2.24) is 9.38 Å². The third-order valence-electron chi connectivity index (χ3n) is 6.56. The highest BCUT2D eigenvalue weighted by Gasteiger charge is 2.34. The Morgan fingerprint density at radius 3 is 2.33 bits per heavy atom. The number of fused-ring (bicyclic) bond motifs is 1. The second-order valence-electron chi connectivity index (χ2n) is 8.29. The van der Waals surface area contributed by atoms with Gasteiger partial charge in [0, 0.05) is 11.8 Å². The van der Waals surface area contributed by atoms with Gasteiger partial charge in [0.05, 0.1) is 24.1 Å². The number of hydrogen-bond acceptors (Lipinski definition) is 3. The van der Waals surface area contributed by atoms with Crippen molar-refractivity contribution in [1.29, 1.82) is 0 Å². The van der Waals surface area contributed by atoms with Crippen LogP contribution >= 0.6 is 0 Å². The number of imidazole rings is 1. The summed E-state index contributed by atoms with van der Waals surface area (Å²) in [5, 5.41) is 20.8. The zero-order valence-corrected chi connectivity index (χ0v) is 15.5. The minimum absolute atomic E-state index is 0.303. The number of phenols is 1. The highest BCUT2D eigenvalue weighted by Crippen LogP contribution is 2.48. The van der Waals surface area contributed by atoms with Gasteiger partial charge >= 0.3 is 0 Å². The molecule has 2 heterocycles. The van der Waals surface area contributed by atoms with Crippen LogP contribution < -0.4 is 0 Å². The Kier molecular flexibility index (Phi) is 4.16. The summed E-state index contributed by atoms with van der Waals surface area (Å²) < 4.78 is 2.03. The Morgan fingerprint density at radius 2 is 1.63 bits per heavy atom. The maximum atomic E-state index is 11.3. The van der Waals surface area contributed by atoms with Crippen molar-refractivity contribution in [3.63, 3.8) is 0 Å². The van der Waals surface area contributed by atoms with Crippen molar-refractivity contribution in [3.05, 3.63) is 65.7 Å². The first-order valence-electron chi connectivity index (χ1n) is 10.1. The molecule has 0 bridgehead atoms. The van der Waals surface area contributed by atoms with E-state index in [1.807, 2.05) is 29.1 Å². The highest BCUT2D eigenvalue weighted by molar-refractivity contribution is 5.59. The molecule has 140 valence electrons. The summed E-state index contributed by atoms with van der Waals surface area (Å²) >= 11 is 0. The summed E-state index contributed by atoms with van der Waals surface area (Å²) in [6.07, 6.45) is 12.1. The predicted molar refractivity (Wildman–Crippen MR) is 105 cm³/mol. The quantitative estimate of drug-likeness (QED) is 0.692. The number of hydrogen-bond donors (Lipinski definition) is 2. The molecule has 1 aromatic carbocycles. The van der Waals surface area contributed by atoms with Gasteiger partial charge in [-0.25, -0.2) is 4.98 Å². The average Bonchev–Trinajstić information content (AvgIpc) is 3.44. The van der Waals surface area contributed by atoms with Gasteiger partial charge in [-0.15, -0.1) is 0 Å². The molecule has 0 saturated heterocycles. The summed E-state index contributed by atoms with van der Waals surface area (Å²) in [6, 6.07) is 9.81. The van der Waals surface area contributed by atoms with Gasteiger partial charge in [0.1, 0.15) is 5.75 Å². The number of aromatic hydroxyl groups is 1. The molecule has 0 spiro atoms. The number of pyridine rings is 1.